The van der Waals surface area contributed by atoms with Crippen molar-refractivity contribution in [1.29, 1.82) is 0 Å². The number of aryl methyl sites for hydroxylation is 1. The third-order valence-corrected chi connectivity index (χ3v) is 3.79. The second kappa shape index (κ2) is 8.39. The van der Waals surface area contributed by atoms with Gasteiger partial charge in [-0.05, 0) is 42.3 Å². The van der Waals surface area contributed by atoms with Crippen LogP contribution in [-0.2, 0) is 11.2 Å². The van der Waals surface area contributed by atoms with Crippen molar-refractivity contribution >= 4 is 23.4 Å². The van der Waals surface area contributed by atoms with Crippen LogP contribution in [0.15, 0.2) is 36.4 Å². The largest absolute Gasteiger partial charge is 0.496 e. The van der Waals surface area contributed by atoms with Crippen LogP contribution in [0, 0.1) is 6.92 Å². The lowest BCUT2D eigenvalue weighted by atomic mass is 10.1. The lowest BCUT2D eigenvalue weighted by Gasteiger charge is -2.11. The summed E-state index contributed by atoms with van der Waals surface area (Å²) in [4.78, 5) is 24.2. The summed E-state index contributed by atoms with van der Waals surface area (Å²) < 4.78 is 10.3. The Labute approximate surface area is 151 Å². The van der Waals surface area contributed by atoms with E-state index < -0.39 is 5.91 Å². The van der Waals surface area contributed by atoms with Gasteiger partial charge in [0.1, 0.15) is 11.5 Å². The molecule has 0 atom stereocenters. The maximum atomic E-state index is 12.2. The van der Waals surface area contributed by atoms with Gasteiger partial charge in [0.05, 0.1) is 26.2 Å². The Balaban J connectivity index is 1.98. The number of rotatable bonds is 5. The van der Waals surface area contributed by atoms with E-state index in [1.54, 1.807) is 25.3 Å². The van der Waals surface area contributed by atoms with E-state index in [-0.39, 0.29) is 17.9 Å². The molecular formula is C18H19ClN2O4. The van der Waals surface area contributed by atoms with E-state index in [9.17, 15) is 9.59 Å². The number of methoxy groups -OCH3 is 2. The number of nitrogens with one attached hydrogen (secondary N) is 2. The minimum Gasteiger partial charge on any atom is -0.496 e. The number of ether oxygens (including phenoxy) is 2. The lowest BCUT2D eigenvalue weighted by Crippen LogP contribution is -2.42. The molecule has 25 heavy (non-hydrogen) atoms. The van der Waals surface area contributed by atoms with Crippen molar-refractivity contribution in [3.05, 3.63) is 58.1 Å². The summed E-state index contributed by atoms with van der Waals surface area (Å²) in [6, 6.07) is 10.2. The minimum absolute atomic E-state index is 0.101. The fourth-order valence-electron chi connectivity index (χ4n) is 2.26. The zero-order chi connectivity index (χ0) is 18.4. The highest BCUT2D eigenvalue weighted by Gasteiger charge is 2.14. The molecular weight excluding hydrogens is 344 g/mol. The van der Waals surface area contributed by atoms with Crippen molar-refractivity contribution in [2.24, 2.45) is 0 Å². The van der Waals surface area contributed by atoms with Gasteiger partial charge in [-0.3, -0.25) is 20.4 Å². The molecule has 132 valence electrons. The van der Waals surface area contributed by atoms with Crippen LogP contribution in [0.2, 0.25) is 5.02 Å². The summed E-state index contributed by atoms with van der Waals surface area (Å²) >= 11 is 5.89. The summed E-state index contributed by atoms with van der Waals surface area (Å²) in [5, 5.41) is 0.393. The third-order valence-electron chi connectivity index (χ3n) is 3.56. The molecule has 2 aromatic carbocycles. The van der Waals surface area contributed by atoms with Crippen molar-refractivity contribution in [1.82, 2.24) is 10.9 Å². The van der Waals surface area contributed by atoms with Crippen LogP contribution in [0.4, 0.5) is 0 Å². The first-order chi connectivity index (χ1) is 11.9. The molecule has 0 saturated heterocycles. The fraction of sp³-hybridized carbons (Fsp3) is 0.222. The van der Waals surface area contributed by atoms with Crippen molar-refractivity contribution in [2.45, 2.75) is 13.3 Å². The van der Waals surface area contributed by atoms with E-state index in [1.165, 1.54) is 13.2 Å². The molecule has 2 amide bonds. The number of carbonyl (C=O) groups excluding carboxylic acids is 2. The summed E-state index contributed by atoms with van der Waals surface area (Å²) in [6.45, 7) is 1.92. The Morgan fingerprint density at radius 2 is 1.72 bits per heavy atom. The molecule has 0 fully saturated rings. The lowest BCUT2D eigenvalue weighted by molar-refractivity contribution is -0.121. The maximum Gasteiger partial charge on any atom is 0.273 e. The summed E-state index contributed by atoms with van der Waals surface area (Å²) in [5.74, 6) is 0.187. The van der Waals surface area contributed by atoms with Crippen LogP contribution in [-0.4, -0.2) is 26.0 Å². The SMILES string of the molecule is COc1cc(CC(=O)NNC(=O)c2cc(Cl)ccc2OC)ccc1C. The summed E-state index contributed by atoms with van der Waals surface area (Å²) in [6.07, 6.45) is 0.101. The van der Waals surface area contributed by atoms with Crippen molar-refractivity contribution < 1.29 is 19.1 Å². The van der Waals surface area contributed by atoms with Crippen LogP contribution in [0.1, 0.15) is 21.5 Å². The second-order valence-corrected chi connectivity index (χ2v) is 5.76. The molecule has 0 heterocycles. The second-order valence-electron chi connectivity index (χ2n) is 5.33. The molecule has 0 spiro atoms. The number of hydrogen-bond donors (Lipinski definition) is 2. The Hall–Kier alpha value is -2.73. The van der Waals surface area contributed by atoms with E-state index in [4.69, 9.17) is 21.1 Å². The average molecular weight is 363 g/mol. The van der Waals surface area contributed by atoms with Gasteiger partial charge in [-0.2, -0.15) is 0 Å². The molecule has 7 heteroatoms. The van der Waals surface area contributed by atoms with Crippen LogP contribution >= 0.6 is 11.6 Å². The van der Waals surface area contributed by atoms with Gasteiger partial charge < -0.3 is 9.47 Å². The van der Waals surface area contributed by atoms with E-state index in [0.29, 0.717) is 16.5 Å². The minimum atomic E-state index is -0.519. The number of hydrogen-bond acceptors (Lipinski definition) is 4. The maximum absolute atomic E-state index is 12.2. The molecule has 0 aliphatic carbocycles. The molecule has 0 aliphatic rings. The highest BCUT2D eigenvalue weighted by atomic mass is 35.5. The molecule has 2 rings (SSSR count). The van der Waals surface area contributed by atoms with Crippen molar-refractivity contribution in [2.75, 3.05) is 14.2 Å². The van der Waals surface area contributed by atoms with Gasteiger partial charge in [0.25, 0.3) is 5.91 Å². The topological polar surface area (TPSA) is 76.7 Å². The Morgan fingerprint density at radius 1 is 1.00 bits per heavy atom. The zero-order valence-electron chi connectivity index (χ0n) is 14.2. The Bertz CT molecular complexity index is 793. The third kappa shape index (κ3) is 4.87. The molecule has 0 bridgehead atoms. The molecule has 0 unspecified atom stereocenters. The highest BCUT2D eigenvalue weighted by molar-refractivity contribution is 6.31. The molecule has 0 aromatic heterocycles. The monoisotopic (exact) mass is 362 g/mol. The first-order valence-corrected chi connectivity index (χ1v) is 7.88. The number of hydrazine groups is 1. The van der Waals surface area contributed by atoms with E-state index >= 15 is 0 Å². The molecule has 6 nitrogen and oxygen atoms in total. The van der Waals surface area contributed by atoms with Crippen LogP contribution in [0.3, 0.4) is 0 Å². The average Bonchev–Trinajstić information content (AvgIpc) is 2.61. The fourth-order valence-corrected chi connectivity index (χ4v) is 2.43. The molecule has 0 saturated carbocycles. The summed E-state index contributed by atoms with van der Waals surface area (Å²) in [7, 11) is 3.02. The van der Waals surface area contributed by atoms with Gasteiger partial charge in [0, 0.05) is 5.02 Å². The van der Waals surface area contributed by atoms with E-state index in [2.05, 4.69) is 10.9 Å². The first-order valence-electron chi connectivity index (χ1n) is 7.51. The molecule has 0 radical (unpaired) electrons. The van der Waals surface area contributed by atoms with E-state index in [1.807, 2.05) is 19.1 Å². The van der Waals surface area contributed by atoms with Gasteiger partial charge in [-0.15, -0.1) is 0 Å². The van der Waals surface area contributed by atoms with Gasteiger partial charge in [0.2, 0.25) is 5.91 Å². The predicted octanol–water partition coefficient (Wildman–Crippen LogP) is 2.67. The van der Waals surface area contributed by atoms with Crippen LogP contribution in [0.5, 0.6) is 11.5 Å². The van der Waals surface area contributed by atoms with Gasteiger partial charge >= 0.3 is 0 Å². The van der Waals surface area contributed by atoms with Gasteiger partial charge in [-0.25, -0.2) is 0 Å². The molecule has 2 N–H and O–H groups in total. The smallest absolute Gasteiger partial charge is 0.273 e. The van der Waals surface area contributed by atoms with Crippen molar-refractivity contribution in [3.8, 4) is 11.5 Å². The normalized spacial score (nSPS) is 10.1. The predicted molar refractivity (Wildman–Crippen MR) is 95.0 cm³/mol. The standard InChI is InChI=1S/C18H19ClN2O4/c1-11-4-5-12(8-16(11)25-3)9-17(22)20-21-18(23)14-10-13(19)6-7-15(14)24-2/h4-8,10H,9H2,1-3H3,(H,20,22)(H,21,23). The first kappa shape index (κ1) is 18.6. The number of benzene rings is 2. The molecule has 2 aromatic rings. The van der Waals surface area contributed by atoms with Gasteiger partial charge in [0.15, 0.2) is 0 Å². The molecule has 0 aliphatic heterocycles. The Kier molecular flexibility index (Phi) is 6.25. The zero-order valence-corrected chi connectivity index (χ0v) is 14.9. The van der Waals surface area contributed by atoms with Gasteiger partial charge in [-0.1, -0.05) is 23.7 Å². The summed E-state index contributed by atoms with van der Waals surface area (Å²) in [5.41, 5.74) is 6.71. The number of carbonyl (C=O) groups is 2. The number of amides is 2. The van der Waals surface area contributed by atoms with Crippen LogP contribution < -0.4 is 20.3 Å². The number of halogens is 1. The van der Waals surface area contributed by atoms with Crippen molar-refractivity contribution in [3.63, 3.8) is 0 Å². The van der Waals surface area contributed by atoms with E-state index in [0.717, 1.165) is 11.1 Å². The highest BCUT2D eigenvalue weighted by Crippen LogP contribution is 2.22. The quantitative estimate of drug-likeness (QED) is 0.802. The Morgan fingerprint density at radius 3 is 2.40 bits per heavy atom. The van der Waals surface area contributed by atoms with Crippen LogP contribution in [0.25, 0.3) is 0 Å².